The Morgan fingerprint density at radius 3 is 1.54 bits per heavy atom. The Morgan fingerprint density at radius 2 is 1.08 bits per heavy atom. The minimum Gasteiger partial charge on any atom is -0.658 e. The number of phenols is 3. The zero-order chi connectivity index (χ0) is 28.0. The molecule has 3 rings (SSSR count). The van der Waals surface area contributed by atoms with Gasteiger partial charge in [0.25, 0.3) is 0 Å². The van der Waals surface area contributed by atoms with E-state index in [2.05, 4.69) is 6.92 Å². The molecule has 7 heteroatoms. The molecule has 0 aliphatic rings. The van der Waals surface area contributed by atoms with E-state index >= 15 is 0 Å². The van der Waals surface area contributed by atoms with Crippen molar-refractivity contribution in [3.8, 4) is 17.2 Å². The number of aromatic hydroxyl groups is 3. The third-order valence-corrected chi connectivity index (χ3v) is 6.78. The van der Waals surface area contributed by atoms with Crippen LogP contribution in [0, 0.1) is 47.0 Å². The molecular weight excluding hydrogens is 530 g/mol. The van der Waals surface area contributed by atoms with Crippen molar-refractivity contribution < 1.29 is 32.4 Å². The first-order valence-electron chi connectivity index (χ1n) is 13.0. The Morgan fingerprint density at radius 1 is 0.667 bits per heavy atom. The van der Waals surface area contributed by atoms with Crippen LogP contribution in [0.1, 0.15) is 57.0 Å². The van der Waals surface area contributed by atoms with Crippen LogP contribution in [0.5, 0.6) is 17.2 Å². The van der Waals surface area contributed by atoms with Crippen molar-refractivity contribution in [2.24, 2.45) is 10.4 Å². The normalized spacial score (nSPS) is 11.7. The van der Waals surface area contributed by atoms with Gasteiger partial charge in [-0.1, -0.05) is 53.8 Å². The van der Waals surface area contributed by atoms with E-state index in [1.54, 1.807) is 6.21 Å². The van der Waals surface area contributed by atoms with Crippen LogP contribution in [0.2, 0.25) is 0 Å². The van der Waals surface area contributed by atoms with E-state index in [-0.39, 0.29) is 28.2 Å². The van der Waals surface area contributed by atoms with Crippen molar-refractivity contribution >= 4 is 6.21 Å². The number of benzene rings is 3. The molecule has 0 heterocycles. The van der Waals surface area contributed by atoms with Gasteiger partial charge in [-0.15, -0.1) is 26.2 Å². The summed E-state index contributed by atoms with van der Waals surface area (Å²) in [5.41, 5.74) is 7.70. The molecule has 0 unspecified atom stereocenters. The van der Waals surface area contributed by atoms with Crippen LogP contribution in [0.25, 0.3) is 10.6 Å². The van der Waals surface area contributed by atoms with Crippen LogP contribution in [0.15, 0.2) is 41.4 Å². The van der Waals surface area contributed by atoms with Crippen LogP contribution in [0.4, 0.5) is 0 Å². The second-order valence-corrected chi connectivity index (χ2v) is 11.1. The zero-order valence-corrected chi connectivity index (χ0v) is 25.2. The summed E-state index contributed by atoms with van der Waals surface area (Å²) in [6.45, 7) is 16.1. The van der Waals surface area contributed by atoms with E-state index in [1.807, 2.05) is 77.9 Å². The Balaban J connectivity index is 0.00000533. The van der Waals surface area contributed by atoms with Gasteiger partial charge in [0.15, 0.2) is 0 Å². The summed E-state index contributed by atoms with van der Waals surface area (Å²) in [6, 6.07) is 11.7. The van der Waals surface area contributed by atoms with Gasteiger partial charge in [0, 0.05) is 18.3 Å². The molecule has 3 aromatic rings. The summed E-state index contributed by atoms with van der Waals surface area (Å²) in [5.74, 6) is 0.824. The summed E-state index contributed by atoms with van der Waals surface area (Å²) in [5, 5.41) is 41.0. The van der Waals surface area contributed by atoms with Crippen molar-refractivity contribution in [2.45, 2.75) is 61.6 Å². The van der Waals surface area contributed by atoms with Crippen LogP contribution < -0.4 is 0 Å². The fourth-order valence-corrected chi connectivity index (χ4v) is 4.84. The number of phenolic OH excluding ortho intramolecular Hbond substituents is 3. The van der Waals surface area contributed by atoms with Crippen LogP contribution in [-0.4, -0.2) is 41.2 Å². The van der Waals surface area contributed by atoms with Crippen molar-refractivity contribution in [1.29, 1.82) is 0 Å². The zero-order valence-electron chi connectivity index (χ0n) is 24.1. The molecule has 3 aromatic carbocycles. The molecular formula is C32H41FeN3O3+3. The van der Waals surface area contributed by atoms with Gasteiger partial charge < -0.3 is 26.0 Å². The quantitative estimate of drug-likeness (QED) is 0.167. The van der Waals surface area contributed by atoms with Gasteiger partial charge in [-0.3, -0.25) is 4.99 Å². The Labute approximate surface area is 244 Å². The summed E-state index contributed by atoms with van der Waals surface area (Å²) < 4.78 is 0. The third kappa shape index (κ3) is 8.84. The maximum Gasteiger partial charge on any atom is 5.00 e. The van der Waals surface area contributed by atoms with Crippen molar-refractivity contribution in [1.82, 2.24) is 0 Å². The van der Waals surface area contributed by atoms with Gasteiger partial charge in [0.1, 0.15) is 17.2 Å². The number of aryl methyl sites for hydroxylation is 6. The second kappa shape index (κ2) is 14.0. The molecule has 0 fully saturated rings. The SMILES string of the molecule is Cc1cc(C)c(O)c(C=NCC(C)(C[N-]Cc2cc(C)cc(C)c2O)C[N-]Cc2cc(C)cc(C)c2O)c1.[Fe+5]. The van der Waals surface area contributed by atoms with Crippen molar-refractivity contribution in [3.05, 3.63) is 97.1 Å². The Bertz CT molecular complexity index is 1260. The summed E-state index contributed by atoms with van der Waals surface area (Å²) in [7, 11) is 0. The van der Waals surface area contributed by atoms with Crippen LogP contribution >= 0.6 is 0 Å². The molecule has 0 saturated carbocycles. The van der Waals surface area contributed by atoms with Gasteiger partial charge in [-0.05, 0) is 81.0 Å². The molecule has 0 saturated heterocycles. The van der Waals surface area contributed by atoms with E-state index in [1.165, 1.54) is 0 Å². The van der Waals surface area contributed by atoms with Gasteiger partial charge in [-0.25, -0.2) is 0 Å². The Hall–Kier alpha value is -2.83. The number of rotatable bonds is 11. The molecule has 0 spiro atoms. The fraction of sp³-hybridized carbons (Fsp3) is 0.406. The first-order valence-corrected chi connectivity index (χ1v) is 13.0. The van der Waals surface area contributed by atoms with E-state index < -0.39 is 0 Å². The summed E-state index contributed by atoms with van der Waals surface area (Å²) in [4.78, 5) is 4.70. The maximum atomic E-state index is 10.5. The molecule has 1 radical (unpaired) electrons. The maximum absolute atomic E-state index is 10.5. The van der Waals surface area contributed by atoms with E-state index in [0.717, 1.165) is 44.5 Å². The number of nitrogens with zero attached hydrogens (tertiary/aromatic N) is 3. The van der Waals surface area contributed by atoms with Gasteiger partial charge in [0.05, 0.1) is 0 Å². The molecule has 6 nitrogen and oxygen atoms in total. The van der Waals surface area contributed by atoms with Gasteiger partial charge in [0.2, 0.25) is 0 Å². The van der Waals surface area contributed by atoms with Crippen molar-refractivity contribution in [3.63, 3.8) is 0 Å². The summed E-state index contributed by atoms with van der Waals surface area (Å²) in [6.07, 6.45) is 1.72. The Kier molecular flexibility index (Phi) is 11.6. The van der Waals surface area contributed by atoms with Crippen LogP contribution in [0.3, 0.4) is 0 Å². The largest absolute Gasteiger partial charge is 5.00 e. The molecule has 3 N–H and O–H groups in total. The standard InChI is InChI=1S/C32H41N3O3.Fe/c1-20-8-23(4)29(36)26(11-20)14-33-17-32(7,18-34-15-27-12-21(2)9-24(5)30(27)37)19-35-16-28-13-22(3)10-25(6)31(28)38;/h8-14,36-38H,15-19H2,1-7H3;/q-2;+5. The minimum atomic E-state index is -0.381. The van der Waals surface area contributed by atoms with E-state index in [0.29, 0.717) is 49.8 Å². The molecule has 0 bridgehead atoms. The van der Waals surface area contributed by atoms with E-state index in [4.69, 9.17) is 15.6 Å². The van der Waals surface area contributed by atoms with Gasteiger partial charge in [-0.2, -0.15) is 0 Å². The molecule has 0 aliphatic carbocycles. The van der Waals surface area contributed by atoms with Gasteiger partial charge >= 0.3 is 17.1 Å². The third-order valence-electron chi connectivity index (χ3n) is 6.78. The second-order valence-electron chi connectivity index (χ2n) is 11.1. The fourth-order valence-electron chi connectivity index (χ4n) is 4.84. The molecule has 0 aliphatic heterocycles. The number of hydrogen-bond donors (Lipinski definition) is 3. The minimum absolute atomic E-state index is 0. The number of aliphatic imine (C=N–C) groups is 1. The smallest absolute Gasteiger partial charge is 0.658 e. The summed E-state index contributed by atoms with van der Waals surface area (Å²) >= 11 is 0. The predicted octanol–water partition coefficient (Wildman–Crippen LogP) is 7.22. The molecule has 0 amide bonds. The van der Waals surface area contributed by atoms with E-state index in [9.17, 15) is 15.3 Å². The number of hydrogen-bond acceptors (Lipinski definition) is 4. The molecule has 39 heavy (non-hydrogen) atoms. The molecule has 0 atom stereocenters. The monoisotopic (exact) mass is 571 g/mol. The predicted molar refractivity (Wildman–Crippen MR) is 157 cm³/mol. The average molecular weight is 572 g/mol. The van der Waals surface area contributed by atoms with Crippen molar-refractivity contribution in [2.75, 3.05) is 19.6 Å². The molecule has 207 valence electrons. The first-order chi connectivity index (χ1) is 17.9. The first kappa shape index (κ1) is 32.4. The van der Waals surface area contributed by atoms with Crippen LogP contribution in [-0.2, 0) is 30.2 Å². The molecule has 0 aromatic heterocycles. The topological polar surface area (TPSA) is 101 Å². The average Bonchev–Trinajstić information content (AvgIpc) is 2.83.